The second-order valence-corrected chi connectivity index (χ2v) is 9.54. The molecule has 6 rings (SSSR count). The Labute approximate surface area is 193 Å². The molecule has 0 saturated carbocycles. The number of nitriles is 1. The summed E-state index contributed by atoms with van der Waals surface area (Å²) in [6.45, 7) is 2.04. The van der Waals surface area contributed by atoms with Crippen molar-refractivity contribution in [2.24, 2.45) is 0 Å². The van der Waals surface area contributed by atoms with Gasteiger partial charge in [0.1, 0.15) is 5.82 Å². The van der Waals surface area contributed by atoms with Gasteiger partial charge in [0.2, 0.25) is 0 Å². The number of halogens is 1. The third-order valence-electron chi connectivity index (χ3n) is 6.51. The van der Waals surface area contributed by atoms with Crippen LogP contribution in [0.5, 0.6) is 0 Å². The van der Waals surface area contributed by atoms with Crippen molar-refractivity contribution in [1.82, 2.24) is 0 Å². The predicted octanol–water partition coefficient (Wildman–Crippen LogP) is 6.85. The summed E-state index contributed by atoms with van der Waals surface area (Å²) >= 11 is 1.60. The molecule has 1 aromatic heterocycles. The Balaban J connectivity index is 1.73. The number of hydrogen-bond acceptors (Lipinski definition) is 4. The van der Waals surface area contributed by atoms with Crippen LogP contribution in [0.15, 0.2) is 71.5 Å². The highest BCUT2D eigenvalue weighted by Gasteiger charge is 2.17. The highest BCUT2D eigenvalue weighted by atomic mass is 32.1. The highest BCUT2D eigenvalue weighted by molar-refractivity contribution is 7.23. The normalized spacial score (nSPS) is 13.8. The molecule has 0 spiro atoms. The number of nitrogens with zero attached hydrogens (tertiary/aromatic N) is 2. The topological polar surface area (TPSA) is 44.1 Å². The molecule has 3 nitrogen and oxygen atoms in total. The maximum absolute atomic E-state index is 14.3. The van der Waals surface area contributed by atoms with E-state index in [2.05, 4.69) is 17.0 Å². The minimum atomic E-state index is -0.359. The third kappa shape index (κ3) is 3.26. The molecule has 0 unspecified atom stereocenters. The first kappa shape index (κ1) is 19.9. The summed E-state index contributed by atoms with van der Waals surface area (Å²) in [6.07, 6.45) is 2.35. The van der Waals surface area contributed by atoms with Gasteiger partial charge in [0.25, 0.3) is 0 Å². The Kier molecular flexibility index (Phi) is 4.63. The zero-order valence-corrected chi connectivity index (χ0v) is 18.6. The summed E-state index contributed by atoms with van der Waals surface area (Å²) in [7, 11) is 0. The lowest BCUT2D eigenvalue weighted by Gasteiger charge is -2.17. The molecule has 33 heavy (non-hydrogen) atoms. The highest BCUT2D eigenvalue weighted by Crippen LogP contribution is 2.40. The summed E-state index contributed by atoms with van der Waals surface area (Å²) in [5.74, 6) is -0.359. The maximum atomic E-state index is 14.3. The first-order valence-corrected chi connectivity index (χ1v) is 11.8. The monoisotopic (exact) mass is 450 g/mol. The van der Waals surface area contributed by atoms with Crippen LogP contribution < -0.4 is 10.3 Å². The summed E-state index contributed by atoms with van der Waals surface area (Å²) in [5, 5.41) is 12.7. The average Bonchev–Trinajstić information content (AvgIpc) is 3.52. The number of thiophene rings is 1. The molecule has 4 aromatic carbocycles. The Morgan fingerprint density at radius 3 is 2.27 bits per heavy atom. The quantitative estimate of drug-likeness (QED) is 0.296. The molecule has 2 heterocycles. The molecule has 0 N–H and O–H groups in total. The van der Waals surface area contributed by atoms with E-state index in [1.54, 1.807) is 29.5 Å². The molecule has 1 saturated heterocycles. The predicted molar refractivity (Wildman–Crippen MR) is 135 cm³/mol. The van der Waals surface area contributed by atoms with Crippen molar-refractivity contribution in [2.75, 3.05) is 18.0 Å². The minimum absolute atomic E-state index is 0.0729. The summed E-state index contributed by atoms with van der Waals surface area (Å²) in [6, 6.07) is 22.2. The van der Waals surface area contributed by atoms with Crippen molar-refractivity contribution in [3.63, 3.8) is 0 Å². The van der Waals surface area contributed by atoms with E-state index in [4.69, 9.17) is 5.26 Å². The van der Waals surface area contributed by atoms with Crippen LogP contribution in [0.1, 0.15) is 18.4 Å². The van der Waals surface area contributed by atoms with Crippen molar-refractivity contribution in [3.05, 3.63) is 88.3 Å². The molecular formula is C28H19FN2OS. The Morgan fingerprint density at radius 2 is 1.52 bits per heavy atom. The number of rotatable bonds is 2. The Bertz CT molecular complexity index is 1660. The van der Waals surface area contributed by atoms with Crippen LogP contribution in [0, 0.1) is 17.1 Å². The average molecular weight is 451 g/mol. The molecule has 0 amide bonds. The summed E-state index contributed by atoms with van der Waals surface area (Å²) < 4.78 is 15.3. The maximum Gasteiger partial charge on any atom is 0.194 e. The molecule has 0 atom stereocenters. The molecule has 1 aliphatic heterocycles. The fourth-order valence-electron chi connectivity index (χ4n) is 4.81. The summed E-state index contributed by atoms with van der Waals surface area (Å²) in [4.78, 5) is 16.9. The number of benzene rings is 3. The molecular weight excluding hydrogens is 431 g/mol. The fraction of sp³-hybridized carbons (Fsp3) is 0.143. The van der Waals surface area contributed by atoms with Gasteiger partial charge in [0.05, 0.1) is 11.6 Å². The van der Waals surface area contributed by atoms with Gasteiger partial charge in [-0.2, -0.15) is 5.26 Å². The summed E-state index contributed by atoms with van der Waals surface area (Å²) in [5.41, 5.74) is 2.65. The van der Waals surface area contributed by atoms with Gasteiger partial charge in [-0.05, 0) is 78.4 Å². The molecule has 160 valence electrons. The van der Waals surface area contributed by atoms with Crippen molar-refractivity contribution in [3.8, 4) is 16.5 Å². The smallest absolute Gasteiger partial charge is 0.194 e. The largest absolute Gasteiger partial charge is 0.372 e. The molecule has 5 heteroatoms. The molecule has 5 aromatic rings. The van der Waals surface area contributed by atoms with Crippen LogP contribution in [-0.2, 0) is 0 Å². The fourth-order valence-corrected chi connectivity index (χ4v) is 6.02. The van der Waals surface area contributed by atoms with E-state index in [-0.39, 0.29) is 11.2 Å². The number of hydrogen-bond donors (Lipinski definition) is 0. The van der Waals surface area contributed by atoms with Gasteiger partial charge in [0.15, 0.2) is 5.43 Å². The van der Waals surface area contributed by atoms with Crippen molar-refractivity contribution < 1.29 is 4.39 Å². The molecule has 0 aliphatic carbocycles. The van der Waals surface area contributed by atoms with Gasteiger partial charge in [-0.3, -0.25) is 4.79 Å². The van der Waals surface area contributed by atoms with Crippen LogP contribution in [-0.4, -0.2) is 13.1 Å². The lowest BCUT2D eigenvalue weighted by atomic mass is 10.1. The van der Waals surface area contributed by atoms with Gasteiger partial charge in [0, 0.05) is 49.9 Å². The van der Waals surface area contributed by atoms with E-state index in [1.165, 1.54) is 25.0 Å². The van der Waals surface area contributed by atoms with Crippen molar-refractivity contribution in [2.45, 2.75) is 12.8 Å². The Morgan fingerprint density at radius 1 is 0.818 bits per heavy atom. The molecule has 1 fully saturated rings. The zero-order valence-electron chi connectivity index (χ0n) is 17.8. The van der Waals surface area contributed by atoms with E-state index < -0.39 is 0 Å². The first-order chi connectivity index (χ1) is 16.1. The standard InChI is InChI=1S/C28H19FN2OS/c29-19-7-9-21-23(13-19)25-15-26(18-5-3-17(16-30)4-6-18)33-28(25)24-14-20(31-11-1-2-12-31)8-10-22(24)27(21)32/h3-10,13-15H,1-2,11-12H2. The Hall–Kier alpha value is -3.75. The first-order valence-electron chi connectivity index (χ1n) is 11.0. The van der Waals surface area contributed by atoms with Crippen LogP contribution in [0.25, 0.3) is 42.1 Å². The van der Waals surface area contributed by atoms with Crippen molar-refractivity contribution in [1.29, 1.82) is 5.26 Å². The van der Waals surface area contributed by atoms with Crippen LogP contribution >= 0.6 is 11.3 Å². The second kappa shape index (κ2) is 7.68. The lowest BCUT2D eigenvalue weighted by Crippen LogP contribution is -2.17. The van der Waals surface area contributed by atoms with Crippen LogP contribution in [0.2, 0.25) is 0 Å². The van der Waals surface area contributed by atoms with Gasteiger partial charge in [-0.15, -0.1) is 11.3 Å². The van der Waals surface area contributed by atoms with E-state index in [9.17, 15) is 9.18 Å². The van der Waals surface area contributed by atoms with Gasteiger partial charge in [-0.25, -0.2) is 4.39 Å². The number of anilines is 1. The second-order valence-electron chi connectivity index (χ2n) is 8.49. The third-order valence-corrected chi connectivity index (χ3v) is 7.73. The minimum Gasteiger partial charge on any atom is -0.372 e. The van der Waals surface area contributed by atoms with Gasteiger partial charge in [-0.1, -0.05) is 12.1 Å². The van der Waals surface area contributed by atoms with Crippen molar-refractivity contribution >= 4 is 48.7 Å². The van der Waals surface area contributed by atoms with E-state index in [0.29, 0.717) is 21.7 Å². The van der Waals surface area contributed by atoms with E-state index >= 15 is 0 Å². The molecule has 0 bridgehead atoms. The zero-order chi connectivity index (χ0) is 22.5. The molecule has 1 aliphatic rings. The van der Waals surface area contributed by atoms with E-state index in [0.717, 1.165) is 44.7 Å². The van der Waals surface area contributed by atoms with E-state index in [1.807, 2.05) is 30.3 Å². The lowest BCUT2D eigenvalue weighted by molar-refractivity contribution is 0.630. The number of fused-ring (bicyclic) bond motifs is 5. The molecule has 0 radical (unpaired) electrons. The van der Waals surface area contributed by atoms with Gasteiger partial charge < -0.3 is 4.90 Å². The SMILES string of the molecule is N#Cc1ccc(-c2cc3c4cc(F)ccc4c(=O)c4ccc(N5CCCC5)cc4c3s2)cc1. The van der Waals surface area contributed by atoms with Gasteiger partial charge >= 0.3 is 0 Å². The van der Waals surface area contributed by atoms with Crippen LogP contribution in [0.3, 0.4) is 0 Å². The van der Waals surface area contributed by atoms with Crippen LogP contribution in [0.4, 0.5) is 10.1 Å².